The van der Waals surface area contributed by atoms with E-state index in [1.807, 2.05) is 21.1 Å². The van der Waals surface area contributed by atoms with Gasteiger partial charge in [-0.3, -0.25) is 4.90 Å². The van der Waals surface area contributed by atoms with Crippen LogP contribution < -0.4 is 5.11 Å². The van der Waals surface area contributed by atoms with E-state index in [0.717, 1.165) is 32.4 Å². The van der Waals surface area contributed by atoms with Crippen LogP contribution in [0.25, 0.3) is 0 Å². The maximum atomic E-state index is 11.4. The van der Waals surface area contributed by atoms with Gasteiger partial charge < -0.3 is 19.3 Å². The fourth-order valence-electron chi connectivity index (χ4n) is 4.99. The molecule has 1 aliphatic rings. The molecule has 7 heteroatoms. The Kier molecular flexibility index (Phi) is 9.49. The maximum absolute atomic E-state index is 11.4. The van der Waals surface area contributed by atoms with E-state index in [9.17, 15) is 9.90 Å². The number of likely N-dealkylation sites (N-methyl/N-ethyl adjacent to an activating group) is 2. The lowest BCUT2D eigenvalue weighted by Crippen LogP contribution is -2.37. The minimum absolute atomic E-state index is 0.0688. The number of carbonyl (C=O) groups is 1. The predicted octanol–water partition coefficient (Wildman–Crippen LogP) is 3.45. The zero-order valence-corrected chi connectivity index (χ0v) is 20.6. The molecular weight excluding hydrogens is 392 g/mol. The molecule has 31 heavy (non-hydrogen) atoms. The summed E-state index contributed by atoms with van der Waals surface area (Å²) in [5, 5.41) is 15.5. The number of hydrogen-bond donors (Lipinski definition) is 0. The fourth-order valence-corrected chi connectivity index (χ4v) is 4.99. The van der Waals surface area contributed by atoms with Crippen molar-refractivity contribution >= 4 is 5.97 Å². The van der Waals surface area contributed by atoms with Gasteiger partial charge in [-0.05, 0) is 64.1 Å². The molecule has 0 radical (unpaired) electrons. The Bertz CT molecular complexity index is 675. The molecular formula is C24H43N4O3-. The quantitative estimate of drug-likeness (QED) is 0.497. The van der Waals surface area contributed by atoms with Crippen molar-refractivity contribution in [1.29, 1.82) is 0 Å². The molecule has 0 aromatic carbocycles. The molecule has 0 N–H and O–H groups in total. The summed E-state index contributed by atoms with van der Waals surface area (Å²) < 4.78 is 5.50. The Hall–Kier alpha value is -1.47. The summed E-state index contributed by atoms with van der Waals surface area (Å²) in [7, 11) is 6.11. The van der Waals surface area contributed by atoms with Crippen molar-refractivity contribution in [3.05, 3.63) is 11.7 Å². The topological polar surface area (TPSA) is 85.5 Å². The van der Waals surface area contributed by atoms with Crippen molar-refractivity contribution in [3.8, 4) is 0 Å². The van der Waals surface area contributed by atoms with E-state index >= 15 is 0 Å². The molecule has 0 aliphatic heterocycles. The molecule has 7 nitrogen and oxygen atoms in total. The summed E-state index contributed by atoms with van der Waals surface area (Å²) in [6, 6.07) is 0. The molecule has 1 fully saturated rings. The highest BCUT2D eigenvalue weighted by molar-refractivity contribution is 5.65. The van der Waals surface area contributed by atoms with Crippen LogP contribution in [0.2, 0.25) is 0 Å². The number of aliphatic carboxylic acids is 1. The second kappa shape index (κ2) is 11.4. The monoisotopic (exact) mass is 435 g/mol. The number of hydrogen-bond acceptors (Lipinski definition) is 7. The van der Waals surface area contributed by atoms with E-state index < -0.39 is 5.97 Å². The average molecular weight is 436 g/mol. The summed E-state index contributed by atoms with van der Waals surface area (Å²) in [5.41, 5.74) is 0.596. The summed E-state index contributed by atoms with van der Waals surface area (Å²) in [6.07, 6.45) is 9.23. The molecule has 0 saturated heterocycles. The van der Waals surface area contributed by atoms with Gasteiger partial charge in [-0.2, -0.15) is 4.98 Å². The molecule has 178 valence electrons. The molecule has 1 aromatic heterocycles. The molecule has 0 spiro atoms. The van der Waals surface area contributed by atoms with Crippen LogP contribution in [0.5, 0.6) is 0 Å². The van der Waals surface area contributed by atoms with Gasteiger partial charge >= 0.3 is 0 Å². The molecule has 1 aromatic rings. The number of nitrogens with zero attached hydrogens (tertiary/aromatic N) is 4. The molecule has 2 rings (SSSR count). The molecule has 1 atom stereocenters. The van der Waals surface area contributed by atoms with Crippen molar-refractivity contribution in [2.75, 3.05) is 34.2 Å². The zero-order valence-electron chi connectivity index (χ0n) is 20.6. The van der Waals surface area contributed by atoms with Crippen molar-refractivity contribution < 1.29 is 14.4 Å². The highest BCUT2D eigenvalue weighted by Gasteiger charge is 2.41. The summed E-state index contributed by atoms with van der Waals surface area (Å²) in [5.74, 6) is -0.290. The highest BCUT2D eigenvalue weighted by Crippen LogP contribution is 2.53. The third-order valence-electron chi connectivity index (χ3n) is 7.20. The van der Waals surface area contributed by atoms with E-state index in [1.54, 1.807) is 0 Å². The Morgan fingerprint density at radius 3 is 2.42 bits per heavy atom. The first-order valence-corrected chi connectivity index (χ1v) is 11.9. The highest BCUT2D eigenvalue weighted by atomic mass is 16.5. The Morgan fingerprint density at radius 1 is 1.16 bits per heavy atom. The summed E-state index contributed by atoms with van der Waals surface area (Å²) in [4.78, 5) is 20.2. The van der Waals surface area contributed by atoms with E-state index in [2.05, 4.69) is 40.7 Å². The fraction of sp³-hybridized carbons (Fsp3) is 0.875. The van der Waals surface area contributed by atoms with Crippen molar-refractivity contribution in [3.63, 3.8) is 0 Å². The largest absolute Gasteiger partial charge is 0.550 e. The molecule has 1 unspecified atom stereocenters. The van der Waals surface area contributed by atoms with Crippen molar-refractivity contribution in [2.24, 2.45) is 10.8 Å². The zero-order chi connectivity index (χ0) is 23.1. The number of aromatic nitrogens is 2. The molecule has 1 aliphatic carbocycles. The van der Waals surface area contributed by atoms with E-state index in [4.69, 9.17) is 4.52 Å². The Labute approximate surface area is 188 Å². The second-order valence-corrected chi connectivity index (χ2v) is 10.8. The van der Waals surface area contributed by atoms with Crippen LogP contribution in [-0.4, -0.2) is 60.1 Å². The van der Waals surface area contributed by atoms with Gasteiger partial charge in [-0.25, -0.2) is 0 Å². The maximum Gasteiger partial charge on any atom is 0.230 e. The first-order chi connectivity index (χ1) is 14.5. The Balaban J connectivity index is 1.99. The van der Waals surface area contributed by atoms with Gasteiger partial charge in [0.05, 0.1) is 6.54 Å². The van der Waals surface area contributed by atoms with Crippen LogP contribution >= 0.6 is 0 Å². The van der Waals surface area contributed by atoms with Gasteiger partial charge in [-0.1, -0.05) is 51.6 Å². The smallest absolute Gasteiger partial charge is 0.230 e. The average Bonchev–Trinajstić information content (AvgIpc) is 3.13. The van der Waals surface area contributed by atoms with Crippen LogP contribution in [0.4, 0.5) is 0 Å². The molecule has 1 saturated carbocycles. The molecule has 1 heterocycles. The number of carbonyl (C=O) groups excluding carboxylic acids is 1. The van der Waals surface area contributed by atoms with E-state index in [-0.39, 0.29) is 17.8 Å². The van der Waals surface area contributed by atoms with Gasteiger partial charge in [-0.15, -0.1) is 0 Å². The van der Waals surface area contributed by atoms with Crippen molar-refractivity contribution in [2.45, 2.75) is 91.0 Å². The van der Waals surface area contributed by atoms with Gasteiger partial charge in [0.25, 0.3) is 0 Å². The summed E-state index contributed by atoms with van der Waals surface area (Å²) in [6.45, 7) is 9.50. The lowest BCUT2D eigenvalue weighted by atomic mass is 9.57. The first-order valence-electron chi connectivity index (χ1n) is 11.9. The predicted molar refractivity (Wildman–Crippen MR) is 120 cm³/mol. The SMILES string of the molecule is CN(C)CCN(C)Cc1noc(C(CCCC2(C(C)(C)C)CCCCC2)CC(=O)[O-])n1. The lowest BCUT2D eigenvalue weighted by Gasteiger charge is -2.48. The minimum atomic E-state index is -1.06. The Morgan fingerprint density at radius 2 is 1.84 bits per heavy atom. The summed E-state index contributed by atoms with van der Waals surface area (Å²) >= 11 is 0. The van der Waals surface area contributed by atoms with E-state index in [1.165, 1.54) is 32.1 Å². The molecule has 0 amide bonds. The van der Waals surface area contributed by atoms with Gasteiger partial charge in [0.1, 0.15) is 0 Å². The standard InChI is InChI=1S/C24H44N4O3/c1-23(2,3)24(12-8-7-9-13-24)14-10-11-19(17-21(29)30)22-25-20(26-31-22)18-28(6)16-15-27(4)5/h19H,7-18H2,1-6H3,(H,29,30)/p-1. The minimum Gasteiger partial charge on any atom is -0.550 e. The van der Waals surface area contributed by atoms with Crippen LogP contribution in [0.1, 0.15) is 96.2 Å². The van der Waals surface area contributed by atoms with Crippen LogP contribution in [0, 0.1) is 10.8 Å². The molecule has 0 bridgehead atoms. The third-order valence-corrected chi connectivity index (χ3v) is 7.20. The van der Waals surface area contributed by atoms with Gasteiger partial charge in [0.15, 0.2) is 5.82 Å². The third kappa shape index (κ3) is 7.86. The normalized spacial score (nSPS) is 17.9. The second-order valence-electron chi connectivity index (χ2n) is 10.8. The number of rotatable bonds is 12. The first kappa shape index (κ1) is 25.8. The van der Waals surface area contributed by atoms with E-state index in [0.29, 0.717) is 23.7 Å². The van der Waals surface area contributed by atoms with Crippen LogP contribution in [0.15, 0.2) is 4.52 Å². The lowest BCUT2D eigenvalue weighted by molar-refractivity contribution is -0.306. The van der Waals surface area contributed by atoms with Gasteiger partial charge in [0, 0.05) is 25.0 Å². The number of carboxylic acids is 1. The van der Waals surface area contributed by atoms with Gasteiger partial charge in [0.2, 0.25) is 5.89 Å². The van der Waals surface area contributed by atoms with Crippen molar-refractivity contribution in [1.82, 2.24) is 19.9 Å². The van der Waals surface area contributed by atoms with Crippen LogP contribution in [-0.2, 0) is 11.3 Å². The van der Waals surface area contributed by atoms with Crippen LogP contribution in [0.3, 0.4) is 0 Å². The number of carboxylic acid groups (broad SMARTS) is 1.